The highest BCUT2D eigenvalue weighted by atomic mass is 35.5. The third kappa shape index (κ3) is 1.87. The van der Waals surface area contributed by atoms with Crippen LogP contribution in [0.3, 0.4) is 0 Å². The van der Waals surface area contributed by atoms with Gasteiger partial charge in [0.25, 0.3) is 0 Å². The van der Waals surface area contributed by atoms with Gasteiger partial charge in [-0.15, -0.1) is 0 Å². The Morgan fingerprint density at radius 1 is 0.944 bits per heavy atom. The molecule has 3 rings (SSSR count). The number of hydrogen-bond acceptors (Lipinski definition) is 1. The second kappa shape index (κ2) is 4.43. The number of hydrogen-bond donors (Lipinski definition) is 0. The maximum Gasteiger partial charge on any atom is 0.0451 e. The topological polar surface area (TPSA) is 12.9 Å². The van der Waals surface area contributed by atoms with Crippen molar-refractivity contribution in [3.63, 3.8) is 0 Å². The second-order valence-electron chi connectivity index (χ2n) is 4.31. The van der Waals surface area contributed by atoms with Crippen molar-refractivity contribution in [3.8, 4) is 11.1 Å². The highest BCUT2D eigenvalue weighted by Gasteiger charge is 2.07. The molecule has 0 bridgehead atoms. The fraction of sp³-hybridized carbons (Fsp3) is 0.0625. The fourth-order valence-corrected chi connectivity index (χ4v) is 2.37. The fourth-order valence-electron chi connectivity index (χ4n) is 2.20. The van der Waals surface area contributed by atoms with E-state index in [1.54, 1.807) is 0 Å². The summed E-state index contributed by atoms with van der Waals surface area (Å²) in [6.07, 6.45) is 1.93. The van der Waals surface area contributed by atoms with E-state index in [1.165, 1.54) is 10.9 Å². The number of aryl methyl sites for hydroxylation is 1. The largest absolute Gasteiger partial charge is 0.260 e. The number of aromatic nitrogens is 1. The Bertz CT molecular complexity index is 705. The molecule has 2 aromatic carbocycles. The van der Waals surface area contributed by atoms with E-state index < -0.39 is 0 Å². The van der Waals surface area contributed by atoms with Crippen LogP contribution in [0, 0.1) is 6.92 Å². The summed E-state index contributed by atoms with van der Waals surface area (Å²) in [5.41, 5.74) is 3.33. The van der Waals surface area contributed by atoms with E-state index >= 15 is 0 Å². The molecular weight excluding hydrogens is 242 g/mol. The molecule has 1 heterocycles. The molecule has 0 saturated heterocycles. The zero-order chi connectivity index (χ0) is 12.5. The molecule has 0 atom stereocenters. The molecule has 0 amide bonds. The lowest BCUT2D eigenvalue weighted by Crippen LogP contribution is -1.88. The van der Waals surface area contributed by atoms with Gasteiger partial charge < -0.3 is 0 Å². The summed E-state index contributed by atoms with van der Waals surface area (Å²) < 4.78 is 0. The first-order valence-corrected chi connectivity index (χ1v) is 6.24. The number of pyridine rings is 1. The molecule has 2 heteroatoms. The maximum atomic E-state index is 6.06. The van der Waals surface area contributed by atoms with Crippen molar-refractivity contribution in [3.05, 3.63) is 65.4 Å². The van der Waals surface area contributed by atoms with Crippen molar-refractivity contribution in [2.75, 3.05) is 0 Å². The Morgan fingerprint density at radius 2 is 1.72 bits per heavy atom. The Balaban J connectivity index is 2.35. The van der Waals surface area contributed by atoms with Crippen LogP contribution in [0.15, 0.2) is 54.7 Å². The average molecular weight is 254 g/mol. The number of benzene rings is 2. The van der Waals surface area contributed by atoms with E-state index in [-0.39, 0.29) is 0 Å². The molecule has 0 aliphatic carbocycles. The molecule has 0 fully saturated rings. The molecule has 18 heavy (non-hydrogen) atoms. The quantitative estimate of drug-likeness (QED) is 0.603. The first-order valence-electron chi connectivity index (χ1n) is 5.86. The molecule has 0 aliphatic heterocycles. The van der Waals surface area contributed by atoms with E-state index in [0.717, 1.165) is 21.7 Å². The van der Waals surface area contributed by atoms with Gasteiger partial charge in [-0.05, 0) is 30.0 Å². The smallest absolute Gasteiger partial charge is 0.0451 e. The van der Waals surface area contributed by atoms with Gasteiger partial charge in [-0.3, -0.25) is 4.98 Å². The summed E-state index contributed by atoms with van der Waals surface area (Å²) in [6.45, 7) is 2.01. The predicted molar refractivity (Wildman–Crippen MR) is 76.9 cm³/mol. The zero-order valence-electron chi connectivity index (χ0n) is 10.0. The SMILES string of the molecule is Cc1ncc(-c2ccccc2)c2ccc(Cl)cc12. The molecule has 1 nitrogen and oxygen atoms in total. The van der Waals surface area contributed by atoms with Gasteiger partial charge in [-0.25, -0.2) is 0 Å². The molecule has 0 N–H and O–H groups in total. The van der Waals surface area contributed by atoms with E-state index in [0.29, 0.717) is 0 Å². The van der Waals surface area contributed by atoms with Crippen LogP contribution in [0.5, 0.6) is 0 Å². The van der Waals surface area contributed by atoms with Gasteiger partial charge in [-0.2, -0.15) is 0 Å². The van der Waals surface area contributed by atoms with Crippen LogP contribution in [0.2, 0.25) is 5.02 Å². The standard InChI is InChI=1S/C16H12ClN/c1-11-15-9-13(17)7-8-14(15)16(10-18-11)12-5-3-2-4-6-12/h2-10H,1H3. The summed E-state index contributed by atoms with van der Waals surface area (Å²) in [7, 11) is 0. The average Bonchev–Trinajstić information content (AvgIpc) is 2.41. The van der Waals surface area contributed by atoms with Crippen molar-refractivity contribution >= 4 is 22.4 Å². The number of fused-ring (bicyclic) bond motifs is 1. The van der Waals surface area contributed by atoms with Crippen LogP contribution in [0.25, 0.3) is 21.9 Å². The molecule has 88 valence electrons. The summed E-state index contributed by atoms with van der Waals surface area (Å²) in [4.78, 5) is 4.47. The van der Waals surface area contributed by atoms with Gasteiger partial charge in [0.05, 0.1) is 0 Å². The Morgan fingerprint density at radius 3 is 2.50 bits per heavy atom. The van der Waals surface area contributed by atoms with Crippen LogP contribution in [0.1, 0.15) is 5.69 Å². The minimum atomic E-state index is 0.748. The van der Waals surface area contributed by atoms with Crippen molar-refractivity contribution in [2.45, 2.75) is 6.92 Å². The lowest BCUT2D eigenvalue weighted by molar-refractivity contribution is 1.24. The molecule has 0 unspecified atom stereocenters. The van der Waals surface area contributed by atoms with Gasteiger partial charge >= 0.3 is 0 Å². The van der Waals surface area contributed by atoms with E-state index in [1.807, 2.05) is 43.5 Å². The molecule has 0 spiro atoms. The minimum Gasteiger partial charge on any atom is -0.260 e. The molecule has 0 saturated carbocycles. The minimum absolute atomic E-state index is 0.748. The summed E-state index contributed by atoms with van der Waals surface area (Å²) in [5.74, 6) is 0. The lowest BCUT2D eigenvalue weighted by atomic mass is 10.00. The van der Waals surface area contributed by atoms with E-state index in [4.69, 9.17) is 11.6 Å². The number of nitrogens with zero attached hydrogens (tertiary/aromatic N) is 1. The summed E-state index contributed by atoms with van der Waals surface area (Å²) in [5, 5.41) is 3.06. The third-order valence-corrected chi connectivity index (χ3v) is 3.37. The Hall–Kier alpha value is -1.86. The first kappa shape index (κ1) is 11.2. The van der Waals surface area contributed by atoms with Crippen LogP contribution in [0.4, 0.5) is 0 Å². The Labute approximate surface area is 111 Å². The van der Waals surface area contributed by atoms with Gasteiger partial charge in [0.15, 0.2) is 0 Å². The van der Waals surface area contributed by atoms with Crippen LogP contribution in [-0.2, 0) is 0 Å². The van der Waals surface area contributed by atoms with Crippen LogP contribution in [-0.4, -0.2) is 4.98 Å². The van der Waals surface area contributed by atoms with Crippen LogP contribution >= 0.6 is 11.6 Å². The molecule has 0 aliphatic rings. The van der Waals surface area contributed by atoms with Crippen molar-refractivity contribution < 1.29 is 0 Å². The van der Waals surface area contributed by atoms with Crippen molar-refractivity contribution in [2.24, 2.45) is 0 Å². The summed E-state index contributed by atoms with van der Waals surface area (Å²) in [6, 6.07) is 16.3. The monoisotopic (exact) mass is 253 g/mol. The normalized spacial score (nSPS) is 10.8. The Kier molecular flexibility index (Phi) is 2.77. The lowest BCUT2D eigenvalue weighted by Gasteiger charge is -2.08. The second-order valence-corrected chi connectivity index (χ2v) is 4.75. The molecule has 3 aromatic rings. The van der Waals surface area contributed by atoms with Gasteiger partial charge in [0, 0.05) is 27.9 Å². The van der Waals surface area contributed by atoms with E-state index in [2.05, 4.69) is 23.2 Å². The zero-order valence-corrected chi connectivity index (χ0v) is 10.8. The molecule has 1 aromatic heterocycles. The first-order chi connectivity index (χ1) is 8.75. The predicted octanol–water partition coefficient (Wildman–Crippen LogP) is 4.86. The highest BCUT2D eigenvalue weighted by Crippen LogP contribution is 2.30. The summed E-state index contributed by atoms with van der Waals surface area (Å²) >= 11 is 6.06. The number of rotatable bonds is 1. The molecule has 0 radical (unpaired) electrons. The van der Waals surface area contributed by atoms with E-state index in [9.17, 15) is 0 Å². The third-order valence-electron chi connectivity index (χ3n) is 3.13. The van der Waals surface area contributed by atoms with Gasteiger partial charge in [0.2, 0.25) is 0 Å². The van der Waals surface area contributed by atoms with Crippen LogP contribution < -0.4 is 0 Å². The van der Waals surface area contributed by atoms with Gasteiger partial charge in [0.1, 0.15) is 0 Å². The van der Waals surface area contributed by atoms with Crippen molar-refractivity contribution in [1.82, 2.24) is 4.98 Å². The highest BCUT2D eigenvalue weighted by molar-refractivity contribution is 6.31. The van der Waals surface area contributed by atoms with Crippen molar-refractivity contribution in [1.29, 1.82) is 0 Å². The molecular formula is C16H12ClN. The van der Waals surface area contributed by atoms with Gasteiger partial charge in [-0.1, -0.05) is 48.0 Å². The number of halogens is 1. The maximum absolute atomic E-state index is 6.06.